The van der Waals surface area contributed by atoms with Crippen molar-refractivity contribution in [2.24, 2.45) is 0 Å². The van der Waals surface area contributed by atoms with Gasteiger partial charge in [0.25, 0.3) is 17.7 Å². The summed E-state index contributed by atoms with van der Waals surface area (Å²) in [5.74, 6) is 0.918. The summed E-state index contributed by atoms with van der Waals surface area (Å²) in [6, 6.07) is 3.37. The van der Waals surface area contributed by atoms with Crippen molar-refractivity contribution in [2.45, 2.75) is 18.9 Å². The first-order chi connectivity index (χ1) is 10.8. The molecule has 22 heavy (non-hydrogen) atoms. The topological polar surface area (TPSA) is 77.7 Å². The van der Waals surface area contributed by atoms with E-state index in [9.17, 15) is 4.79 Å². The summed E-state index contributed by atoms with van der Waals surface area (Å²) in [5.41, 5.74) is 0. The van der Waals surface area contributed by atoms with Crippen molar-refractivity contribution in [3.63, 3.8) is 0 Å². The molecule has 1 atom stereocenters. The number of ether oxygens (including phenoxy) is 2. The van der Waals surface area contributed by atoms with Crippen LogP contribution in [0.4, 0.5) is 0 Å². The second-order valence-corrected chi connectivity index (χ2v) is 4.98. The zero-order chi connectivity index (χ0) is 15.4. The van der Waals surface area contributed by atoms with Crippen molar-refractivity contribution in [1.82, 2.24) is 14.9 Å². The second kappa shape index (κ2) is 6.46. The van der Waals surface area contributed by atoms with Gasteiger partial charge in [0.1, 0.15) is 6.10 Å². The van der Waals surface area contributed by atoms with Gasteiger partial charge in [-0.2, -0.15) is 0 Å². The summed E-state index contributed by atoms with van der Waals surface area (Å²) < 4.78 is 16.1. The lowest BCUT2D eigenvalue weighted by Crippen LogP contribution is -2.44. The van der Waals surface area contributed by atoms with Crippen molar-refractivity contribution in [3.05, 3.63) is 36.5 Å². The number of methoxy groups -OCH3 is 1. The van der Waals surface area contributed by atoms with Gasteiger partial charge in [0, 0.05) is 18.9 Å². The summed E-state index contributed by atoms with van der Waals surface area (Å²) in [6.07, 6.45) is 6.15. The molecule has 3 rings (SSSR count). The van der Waals surface area contributed by atoms with Crippen LogP contribution in [0.1, 0.15) is 23.4 Å². The number of aromatic nitrogens is 2. The van der Waals surface area contributed by atoms with E-state index in [1.807, 2.05) is 0 Å². The zero-order valence-electron chi connectivity index (χ0n) is 12.3. The molecule has 0 N–H and O–H groups in total. The molecule has 0 saturated carbocycles. The first-order valence-corrected chi connectivity index (χ1v) is 7.12. The molecule has 1 fully saturated rings. The average Bonchev–Trinajstić information content (AvgIpc) is 3.09. The number of carbonyl (C=O) groups is 1. The van der Waals surface area contributed by atoms with E-state index in [0.717, 1.165) is 12.8 Å². The van der Waals surface area contributed by atoms with Crippen LogP contribution in [-0.2, 0) is 0 Å². The third kappa shape index (κ3) is 3.03. The summed E-state index contributed by atoms with van der Waals surface area (Å²) in [4.78, 5) is 22.2. The van der Waals surface area contributed by atoms with E-state index in [0.29, 0.717) is 30.6 Å². The van der Waals surface area contributed by atoms with Crippen LogP contribution in [0.15, 0.2) is 35.2 Å². The first kappa shape index (κ1) is 14.4. The number of amides is 1. The quantitative estimate of drug-likeness (QED) is 0.856. The standard InChI is InChI=1S/C15H17N3O4/c1-20-13-14(17-7-6-16-13)22-11-4-2-8-18(10-11)15(19)12-5-3-9-21-12/h3,5-7,9,11H,2,4,8,10H2,1H3/t11-/m1/s1. The lowest BCUT2D eigenvalue weighted by Gasteiger charge is -2.32. The van der Waals surface area contributed by atoms with Gasteiger partial charge in [-0.15, -0.1) is 0 Å². The van der Waals surface area contributed by atoms with Crippen LogP contribution in [0.5, 0.6) is 11.8 Å². The molecule has 3 heterocycles. The van der Waals surface area contributed by atoms with Crippen LogP contribution in [0.3, 0.4) is 0 Å². The molecular formula is C15H17N3O4. The number of carbonyl (C=O) groups excluding carboxylic acids is 1. The van der Waals surface area contributed by atoms with Gasteiger partial charge in [0.05, 0.1) is 19.9 Å². The van der Waals surface area contributed by atoms with Crippen LogP contribution in [-0.4, -0.2) is 47.1 Å². The lowest BCUT2D eigenvalue weighted by atomic mass is 10.1. The van der Waals surface area contributed by atoms with Crippen molar-refractivity contribution in [3.8, 4) is 11.8 Å². The van der Waals surface area contributed by atoms with Gasteiger partial charge in [-0.05, 0) is 25.0 Å². The van der Waals surface area contributed by atoms with Crippen molar-refractivity contribution >= 4 is 5.91 Å². The smallest absolute Gasteiger partial charge is 0.289 e. The number of nitrogens with zero attached hydrogens (tertiary/aromatic N) is 3. The van der Waals surface area contributed by atoms with E-state index in [1.165, 1.54) is 13.4 Å². The van der Waals surface area contributed by atoms with E-state index in [4.69, 9.17) is 13.9 Å². The minimum atomic E-state index is -0.140. The molecule has 0 radical (unpaired) electrons. The van der Waals surface area contributed by atoms with E-state index in [1.54, 1.807) is 29.4 Å². The number of likely N-dealkylation sites (tertiary alicyclic amines) is 1. The molecule has 2 aromatic heterocycles. The van der Waals surface area contributed by atoms with Crippen molar-refractivity contribution < 1.29 is 18.7 Å². The van der Waals surface area contributed by atoms with Gasteiger partial charge < -0.3 is 18.8 Å². The van der Waals surface area contributed by atoms with Gasteiger partial charge >= 0.3 is 0 Å². The fraction of sp³-hybridized carbons (Fsp3) is 0.400. The Hall–Kier alpha value is -2.57. The molecule has 0 aromatic carbocycles. The number of piperidine rings is 1. The van der Waals surface area contributed by atoms with Crippen molar-refractivity contribution in [1.29, 1.82) is 0 Å². The minimum Gasteiger partial charge on any atom is -0.477 e. The maximum atomic E-state index is 12.3. The largest absolute Gasteiger partial charge is 0.477 e. The molecule has 1 saturated heterocycles. The fourth-order valence-electron chi connectivity index (χ4n) is 2.47. The zero-order valence-corrected chi connectivity index (χ0v) is 12.3. The van der Waals surface area contributed by atoms with Gasteiger partial charge in [-0.1, -0.05) is 0 Å². The maximum Gasteiger partial charge on any atom is 0.289 e. The number of furan rings is 1. The highest BCUT2D eigenvalue weighted by atomic mass is 16.5. The van der Waals surface area contributed by atoms with Crippen LogP contribution in [0.2, 0.25) is 0 Å². The fourth-order valence-corrected chi connectivity index (χ4v) is 2.47. The van der Waals surface area contributed by atoms with Crippen LogP contribution in [0.25, 0.3) is 0 Å². The molecule has 0 bridgehead atoms. The highest BCUT2D eigenvalue weighted by Crippen LogP contribution is 2.24. The summed E-state index contributed by atoms with van der Waals surface area (Å²) in [6.45, 7) is 1.18. The third-order valence-electron chi connectivity index (χ3n) is 3.50. The number of rotatable bonds is 4. The number of hydrogen-bond donors (Lipinski definition) is 0. The Balaban J connectivity index is 1.67. The van der Waals surface area contributed by atoms with Crippen molar-refractivity contribution in [2.75, 3.05) is 20.2 Å². The summed E-state index contributed by atoms with van der Waals surface area (Å²) >= 11 is 0. The van der Waals surface area contributed by atoms with E-state index >= 15 is 0 Å². The van der Waals surface area contributed by atoms with Crippen LogP contribution < -0.4 is 9.47 Å². The molecule has 7 nitrogen and oxygen atoms in total. The Morgan fingerprint density at radius 2 is 2.18 bits per heavy atom. The van der Waals surface area contributed by atoms with E-state index in [2.05, 4.69) is 9.97 Å². The normalized spacial score (nSPS) is 18.0. The Kier molecular flexibility index (Phi) is 4.22. The lowest BCUT2D eigenvalue weighted by molar-refractivity contribution is 0.0492. The molecule has 1 amide bonds. The Labute approximate surface area is 127 Å². The highest BCUT2D eigenvalue weighted by Gasteiger charge is 2.27. The molecule has 1 aliphatic heterocycles. The molecule has 0 aliphatic carbocycles. The van der Waals surface area contributed by atoms with Gasteiger partial charge in [0.2, 0.25) is 0 Å². The summed E-state index contributed by atoms with van der Waals surface area (Å²) in [7, 11) is 1.52. The summed E-state index contributed by atoms with van der Waals surface area (Å²) in [5, 5.41) is 0. The monoisotopic (exact) mass is 303 g/mol. The third-order valence-corrected chi connectivity index (χ3v) is 3.50. The SMILES string of the molecule is COc1nccnc1O[C@@H]1CCCN(C(=O)c2ccco2)C1. The molecule has 1 aliphatic rings. The second-order valence-electron chi connectivity index (χ2n) is 4.98. The molecule has 7 heteroatoms. The molecule has 0 spiro atoms. The van der Waals surface area contributed by atoms with Gasteiger partial charge in [0.15, 0.2) is 5.76 Å². The molecule has 116 valence electrons. The van der Waals surface area contributed by atoms with Crippen LogP contribution in [0, 0.1) is 0 Å². The van der Waals surface area contributed by atoms with Crippen LogP contribution >= 0.6 is 0 Å². The predicted octanol–water partition coefficient (Wildman–Crippen LogP) is 1.76. The highest BCUT2D eigenvalue weighted by molar-refractivity contribution is 5.91. The van der Waals surface area contributed by atoms with E-state index in [-0.39, 0.29) is 12.0 Å². The van der Waals surface area contributed by atoms with E-state index < -0.39 is 0 Å². The predicted molar refractivity (Wildman–Crippen MR) is 76.8 cm³/mol. The Bertz CT molecular complexity index is 629. The molecule has 2 aromatic rings. The Morgan fingerprint density at radius 1 is 1.36 bits per heavy atom. The number of hydrogen-bond acceptors (Lipinski definition) is 6. The molecular weight excluding hydrogens is 286 g/mol. The first-order valence-electron chi connectivity index (χ1n) is 7.12. The minimum absolute atomic E-state index is 0.121. The van der Waals surface area contributed by atoms with Gasteiger partial charge in [-0.3, -0.25) is 4.79 Å². The van der Waals surface area contributed by atoms with Gasteiger partial charge in [-0.25, -0.2) is 9.97 Å². The Morgan fingerprint density at radius 3 is 2.91 bits per heavy atom. The maximum absolute atomic E-state index is 12.3. The molecule has 0 unspecified atom stereocenters. The average molecular weight is 303 g/mol.